The number of rotatable bonds is 7. The van der Waals surface area contributed by atoms with Crippen molar-refractivity contribution in [1.82, 2.24) is 10.6 Å². The number of halogens is 1. The maximum atomic E-state index is 12.7. The molecule has 3 rings (SSSR count). The lowest BCUT2D eigenvalue weighted by atomic mass is 9.81. The predicted octanol–water partition coefficient (Wildman–Crippen LogP) is 2.34. The Labute approximate surface area is 185 Å². The number of hydrogen-bond acceptors (Lipinski definition) is 5. The minimum atomic E-state index is -1.39. The van der Waals surface area contributed by atoms with Gasteiger partial charge >= 0.3 is 5.97 Å². The van der Waals surface area contributed by atoms with Gasteiger partial charge in [0, 0.05) is 31.4 Å². The van der Waals surface area contributed by atoms with Crippen LogP contribution in [0.15, 0.2) is 47.5 Å². The number of aliphatic carboxylic acids is 1. The van der Waals surface area contributed by atoms with Crippen LogP contribution in [0.5, 0.6) is 0 Å². The third-order valence-electron chi connectivity index (χ3n) is 5.67. The summed E-state index contributed by atoms with van der Waals surface area (Å²) in [6.07, 6.45) is 6.55. The zero-order chi connectivity index (χ0) is 22.5. The van der Waals surface area contributed by atoms with Crippen LogP contribution < -0.4 is 10.6 Å². The number of ether oxygens (including phenoxy) is 1. The Kier molecular flexibility index (Phi) is 7.12. The zero-order valence-electron chi connectivity index (χ0n) is 17.2. The number of benzene rings is 1. The van der Waals surface area contributed by atoms with Gasteiger partial charge in [-0.25, -0.2) is 4.99 Å². The second-order valence-corrected chi connectivity index (χ2v) is 8.55. The molecule has 1 saturated carbocycles. The number of carbonyl (C=O) groups is 3. The third-order valence-corrected chi connectivity index (χ3v) is 6.03. The van der Waals surface area contributed by atoms with Crippen LogP contribution in [0.3, 0.4) is 0 Å². The van der Waals surface area contributed by atoms with E-state index in [-0.39, 0.29) is 24.3 Å². The molecule has 1 aromatic rings. The van der Waals surface area contributed by atoms with E-state index in [1.807, 2.05) is 6.07 Å². The minimum absolute atomic E-state index is 0.106. The molecule has 0 aromatic heterocycles. The smallest absolute Gasteiger partial charge is 0.306 e. The highest BCUT2D eigenvalue weighted by molar-refractivity contribution is 6.34. The monoisotopic (exact) mass is 447 g/mol. The van der Waals surface area contributed by atoms with Gasteiger partial charge in [0.2, 0.25) is 5.91 Å². The highest BCUT2D eigenvalue weighted by Crippen LogP contribution is 2.30. The molecule has 1 heterocycles. The molecule has 1 aromatic carbocycles. The van der Waals surface area contributed by atoms with Crippen molar-refractivity contribution >= 4 is 35.6 Å². The minimum Gasteiger partial charge on any atom is -0.481 e. The predicted molar refractivity (Wildman–Crippen MR) is 116 cm³/mol. The van der Waals surface area contributed by atoms with E-state index in [9.17, 15) is 14.4 Å². The molecule has 0 saturated heterocycles. The van der Waals surface area contributed by atoms with Gasteiger partial charge in [0.25, 0.3) is 11.8 Å². The number of alkyl halides is 1. The first-order valence-corrected chi connectivity index (χ1v) is 10.5. The fourth-order valence-electron chi connectivity index (χ4n) is 3.68. The van der Waals surface area contributed by atoms with E-state index in [4.69, 9.17) is 21.4 Å². The molecule has 8 nitrogen and oxygen atoms in total. The van der Waals surface area contributed by atoms with Crippen molar-refractivity contribution in [3.8, 4) is 0 Å². The average Bonchev–Trinajstić information content (AvgIpc) is 2.80. The Balaban J connectivity index is 1.57. The molecular weight excluding hydrogens is 422 g/mol. The summed E-state index contributed by atoms with van der Waals surface area (Å²) < 4.78 is 5.43. The molecule has 2 unspecified atom stereocenters. The van der Waals surface area contributed by atoms with E-state index in [2.05, 4.69) is 15.6 Å². The number of nitrogens with zero attached hydrogens (tertiary/aromatic N) is 1. The summed E-state index contributed by atoms with van der Waals surface area (Å²) in [5.74, 6) is -3.38. The summed E-state index contributed by atoms with van der Waals surface area (Å²) in [7, 11) is 1.42. The lowest BCUT2D eigenvalue weighted by Gasteiger charge is -2.34. The molecule has 2 atom stereocenters. The van der Waals surface area contributed by atoms with Crippen molar-refractivity contribution in [3.63, 3.8) is 0 Å². The van der Waals surface area contributed by atoms with Gasteiger partial charge < -0.3 is 20.5 Å². The zero-order valence-corrected chi connectivity index (χ0v) is 18.0. The van der Waals surface area contributed by atoms with Crippen LogP contribution in [0.2, 0.25) is 0 Å². The first kappa shape index (κ1) is 23.0. The van der Waals surface area contributed by atoms with E-state index >= 15 is 0 Å². The van der Waals surface area contributed by atoms with Crippen molar-refractivity contribution in [2.75, 3.05) is 13.7 Å². The van der Waals surface area contributed by atoms with Crippen molar-refractivity contribution in [3.05, 3.63) is 48.0 Å². The lowest BCUT2D eigenvalue weighted by molar-refractivity contribution is -0.144. The van der Waals surface area contributed by atoms with E-state index in [1.54, 1.807) is 36.4 Å². The molecule has 2 amide bonds. The molecule has 0 spiro atoms. The molecule has 1 aliphatic carbocycles. The summed E-state index contributed by atoms with van der Waals surface area (Å²) in [5.41, 5.74) is 0.524. The van der Waals surface area contributed by atoms with Crippen molar-refractivity contribution < 1.29 is 24.2 Å². The maximum Gasteiger partial charge on any atom is 0.306 e. The van der Waals surface area contributed by atoms with E-state index < -0.39 is 22.6 Å². The number of methoxy groups -OCH3 is 1. The number of hydrogen-bond donors (Lipinski definition) is 3. The number of amides is 2. The topological polar surface area (TPSA) is 117 Å². The molecule has 3 N–H and O–H groups in total. The van der Waals surface area contributed by atoms with Gasteiger partial charge in [-0.3, -0.25) is 14.4 Å². The lowest BCUT2D eigenvalue weighted by Crippen LogP contribution is -2.53. The molecule has 31 heavy (non-hydrogen) atoms. The SMILES string of the molecule is COC1(NC(=O)C2CCC(C(=O)O)CC2)C=CC(Cl)(CNC(=O)c2ccccc2)C=N1. The van der Waals surface area contributed by atoms with Crippen molar-refractivity contribution in [1.29, 1.82) is 0 Å². The van der Waals surface area contributed by atoms with Crippen LogP contribution in [0.4, 0.5) is 0 Å². The molecule has 166 valence electrons. The molecule has 2 aliphatic rings. The largest absolute Gasteiger partial charge is 0.481 e. The molecule has 0 bridgehead atoms. The van der Waals surface area contributed by atoms with E-state index in [0.717, 1.165) is 0 Å². The summed E-state index contributed by atoms with van der Waals surface area (Å²) >= 11 is 6.55. The number of aliphatic imine (C=N–C) groups is 1. The molecule has 1 fully saturated rings. The van der Waals surface area contributed by atoms with Crippen LogP contribution >= 0.6 is 11.6 Å². The fourth-order valence-corrected chi connectivity index (χ4v) is 3.86. The van der Waals surface area contributed by atoms with Gasteiger partial charge in [0.1, 0.15) is 4.87 Å². The van der Waals surface area contributed by atoms with Crippen LogP contribution in [-0.2, 0) is 14.3 Å². The standard InChI is InChI=1S/C22H26ClN3O5/c1-31-22(26-19(28)16-7-9-17(10-8-16)20(29)30)12-11-21(23,14-25-22)13-24-18(27)15-5-3-2-4-6-15/h2-6,11-12,14,16-17H,7-10,13H2,1H3,(H,24,27)(H,26,28)(H,29,30). The van der Waals surface area contributed by atoms with Crippen molar-refractivity contribution in [2.24, 2.45) is 16.8 Å². The second-order valence-electron chi connectivity index (χ2n) is 7.84. The Hall–Kier alpha value is -2.71. The number of carboxylic acid groups (broad SMARTS) is 1. The Morgan fingerprint density at radius 2 is 1.77 bits per heavy atom. The average molecular weight is 448 g/mol. The molecule has 0 radical (unpaired) electrons. The van der Waals surface area contributed by atoms with Gasteiger partial charge in [-0.2, -0.15) is 0 Å². The van der Waals surface area contributed by atoms with Gasteiger partial charge in [0.15, 0.2) is 0 Å². The van der Waals surface area contributed by atoms with Crippen molar-refractivity contribution in [2.45, 2.75) is 36.4 Å². The Morgan fingerprint density at radius 3 is 2.32 bits per heavy atom. The van der Waals surface area contributed by atoms with Gasteiger partial charge in [-0.15, -0.1) is 11.6 Å². The number of dihydropyridines is 1. The van der Waals surface area contributed by atoms with Crippen LogP contribution in [-0.4, -0.2) is 53.5 Å². The quantitative estimate of drug-likeness (QED) is 0.337. The highest BCUT2D eigenvalue weighted by Gasteiger charge is 2.38. The third kappa shape index (κ3) is 5.71. The fraction of sp³-hybridized carbons (Fsp3) is 0.455. The summed E-state index contributed by atoms with van der Waals surface area (Å²) in [5, 5.41) is 14.7. The number of carbonyl (C=O) groups excluding carboxylic acids is 2. The number of nitrogens with one attached hydrogen (secondary N) is 2. The molecular formula is C22H26ClN3O5. The van der Waals surface area contributed by atoms with Crippen LogP contribution in [0.1, 0.15) is 36.0 Å². The molecule has 9 heteroatoms. The molecule has 1 aliphatic heterocycles. The first-order valence-electron chi connectivity index (χ1n) is 10.1. The van der Waals surface area contributed by atoms with Crippen LogP contribution in [0.25, 0.3) is 0 Å². The summed E-state index contributed by atoms with van der Waals surface area (Å²) in [6.45, 7) is 0.106. The first-order chi connectivity index (χ1) is 14.8. The highest BCUT2D eigenvalue weighted by atomic mass is 35.5. The van der Waals surface area contributed by atoms with E-state index in [0.29, 0.717) is 31.2 Å². The van der Waals surface area contributed by atoms with Crippen LogP contribution in [0, 0.1) is 11.8 Å². The van der Waals surface area contributed by atoms with Gasteiger partial charge in [-0.1, -0.05) is 24.3 Å². The van der Waals surface area contributed by atoms with Gasteiger partial charge in [-0.05, 0) is 43.9 Å². The maximum absolute atomic E-state index is 12.7. The Morgan fingerprint density at radius 1 is 1.13 bits per heavy atom. The Bertz CT molecular complexity index is 864. The number of carboxylic acids is 1. The normalized spacial score (nSPS) is 29.9. The van der Waals surface area contributed by atoms with Gasteiger partial charge in [0.05, 0.1) is 5.92 Å². The van der Waals surface area contributed by atoms with E-state index in [1.165, 1.54) is 13.3 Å². The summed E-state index contributed by atoms with van der Waals surface area (Å²) in [6, 6.07) is 8.79. The summed E-state index contributed by atoms with van der Waals surface area (Å²) in [4.78, 5) is 39.3. The second kappa shape index (κ2) is 9.62.